The third-order valence-electron chi connectivity index (χ3n) is 4.30. The fourth-order valence-electron chi connectivity index (χ4n) is 2.76. The number of unbranched alkanes of at least 4 members (excludes halogenated alkanes) is 1. The van der Waals surface area contributed by atoms with Gasteiger partial charge in [0.25, 0.3) is 0 Å². The normalized spacial score (nSPS) is 12.4. The molecule has 0 N–H and O–H groups in total. The fourth-order valence-corrected chi connectivity index (χ4v) is 2.76. The number of hydrogen-bond acceptors (Lipinski definition) is 4. The van der Waals surface area contributed by atoms with Crippen molar-refractivity contribution in [1.29, 1.82) is 0 Å². The van der Waals surface area contributed by atoms with Crippen LogP contribution in [-0.4, -0.2) is 25.2 Å². The molecule has 158 valence electrons. The maximum atomic E-state index is 10.9. The van der Waals surface area contributed by atoms with E-state index in [4.69, 9.17) is 9.47 Å². The Hall–Kier alpha value is -1.58. The largest absolute Gasteiger partial charge is 0.462 e. The highest BCUT2D eigenvalue weighted by Gasteiger charge is 2.11. The molecule has 0 aliphatic carbocycles. The Kier molecular flexibility index (Phi) is 19.6. The number of esters is 2. The van der Waals surface area contributed by atoms with Gasteiger partial charge in [0.15, 0.2) is 0 Å². The minimum atomic E-state index is -0.310. The summed E-state index contributed by atoms with van der Waals surface area (Å²) in [6, 6.07) is 0. The fraction of sp³-hybridized carbons (Fsp3) is 0.739. The zero-order valence-electron chi connectivity index (χ0n) is 18.3. The van der Waals surface area contributed by atoms with E-state index in [-0.39, 0.29) is 11.9 Å². The van der Waals surface area contributed by atoms with E-state index in [1.165, 1.54) is 25.0 Å². The van der Waals surface area contributed by atoms with Crippen LogP contribution >= 0.6 is 0 Å². The average molecular weight is 383 g/mol. The molecule has 2 atom stereocenters. The molecule has 0 spiro atoms. The lowest BCUT2D eigenvalue weighted by atomic mass is 9.94. The van der Waals surface area contributed by atoms with Gasteiger partial charge in [0.05, 0.1) is 13.2 Å². The summed E-state index contributed by atoms with van der Waals surface area (Å²) in [4.78, 5) is 21.6. The van der Waals surface area contributed by atoms with Gasteiger partial charge >= 0.3 is 11.9 Å². The van der Waals surface area contributed by atoms with Crippen LogP contribution in [0.25, 0.3) is 0 Å². The van der Waals surface area contributed by atoms with Crippen LogP contribution in [0.1, 0.15) is 79.6 Å². The lowest BCUT2D eigenvalue weighted by molar-refractivity contribution is -0.140. The number of ether oxygens (including phenoxy) is 2. The second kappa shape index (κ2) is 19.2. The van der Waals surface area contributed by atoms with E-state index in [0.29, 0.717) is 31.0 Å². The number of rotatable bonds is 14. The minimum absolute atomic E-state index is 0.310. The number of hydrogen-bond donors (Lipinski definition) is 0. The van der Waals surface area contributed by atoms with E-state index >= 15 is 0 Å². The van der Waals surface area contributed by atoms with Crippen molar-refractivity contribution in [3.8, 4) is 0 Å². The van der Waals surface area contributed by atoms with E-state index in [9.17, 15) is 9.59 Å². The monoisotopic (exact) mass is 382 g/mol. The lowest BCUT2D eigenvalue weighted by Gasteiger charge is -2.17. The molecule has 0 saturated carbocycles. The molecule has 0 heterocycles. The average Bonchev–Trinajstić information content (AvgIpc) is 2.65. The minimum Gasteiger partial charge on any atom is -0.462 e. The molecular formula is C23H42O4. The zero-order valence-corrected chi connectivity index (χ0v) is 18.3. The highest BCUT2D eigenvalue weighted by molar-refractivity contribution is 5.81. The standard InChI is InChI=1S/C12H22O2.C11H20O2/c1-5-7-11(8-10(3)4)9-14-12(13)6-2;1-4-7-8-10(5-2)9-13-11(12)6-3/h6,10-11H,2,5,7-9H2,1,3-4H3;6,10H,3-5,7-9H2,1-2H3. The van der Waals surface area contributed by atoms with Gasteiger partial charge in [0.1, 0.15) is 0 Å². The van der Waals surface area contributed by atoms with Crippen LogP contribution in [0.5, 0.6) is 0 Å². The van der Waals surface area contributed by atoms with Crippen LogP contribution in [0.3, 0.4) is 0 Å². The van der Waals surface area contributed by atoms with Gasteiger partial charge in [0.2, 0.25) is 0 Å². The molecule has 0 aliphatic rings. The molecule has 0 aromatic carbocycles. The summed E-state index contributed by atoms with van der Waals surface area (Å²) < 4.78 is 10.0. The predicted molar refractivity (Wildman–Crippen MR) is 113 cm³/mol. The van der Waals surface area contributed by atoms with E-state index in [0.717, 1.165) is 32.1 Å². The summed E-state index contributed by atoms with van der Waals surface area (Å²) in [5.74, 6) is 1.06. The first kappa shape index (κ1) is 27.6. The molecule has 0 bridgehead atoms. The molecular weight excluding hydrogens is 340 g/mol. The van der Waals surface area contributed by atoms with Crippen molar-refractivity contribution >= 4 is 11.9 Å². The molecule has 0 rings (SSSR count). The highest BCUT2D eigenvalue weighted by atomic mass is 16.5. The van der Waals surface area contributed by atoms with Gasteiger partial charge in [-0.3, -0.25) is 0 Å². The quantitative estimate of drug-likeness (QED) is 0.269. The maximum Gasteiger partial charge on any atom is 0.330 e. The number of carbonyl (C=O) groups excluding carboxylic acids is 2. The highest BCUT2D eigenvalue weighted by Crippen LogP contribution is 2.17. The van der Waals surface area contributed by atoms with Crippen molar-refractivity contribution in [2.24, 2.45) is 17.8 Å². The SMILES string of the molecule is C=CC(=O)OCC(CC)CCCC.C=CC(=O)OCC(CCC)CC(C)C. The summed E-state index contributed by atoms with van der Waals surface area (Å²) in [5.41, 5.74) is 0. The first-order valence-electron chi connectivity index (χ1n) is 10.4. The first-order valence-corrected chi connectivity index (χ1v) is 10.4. The van der Waals surface area contributed by atoms with Crippen molar-refractivity contribution in [3.63, 3.8) is 0 Å². The molecule has 0 aromatic heterocycles. The summed E-state index contributed by atoms with van der Waals surface area (Å²) >= 11 is 0. The van der Waals surface area contributed by atoms with E-state index < -0.39 is 0 Å². The topological polar surface area (TPSA) is 52.6 Å². The molecule has 0 fully saturated rings. The Balaban J connectivity index is 0. The third-order valence-corrected chi connectivity index (χ3v) is 4.30. The second-order valence-electron chi connectivity index (χ2n) is 7.37. The number of carbonyl (C=O) groups is 2. The van der Waals surface area contributed by atoms with Crippen LogP contribution in [0.4, 0.5) is 0 Å². The van der Waals surface area contributed by atoms with Crippen molar-refractivity contribution in [2.45, 2.75) is 79.6 Å². The van der Waals surface area contributed by atoms with Crippen molar-refractivity contribution < 1.29 is 19.1 Å². The Bertz CT molecular complexity index is 401. The predicted octanol–water partition coefficient (Wildman–Crippen LogP) is 6.11. The van der Waals surface area contributed by atoms with Crippen molar-refractivity contribution in [2.75, 3.05) is 13.2 Å². The molecule has 2 unspecified atom stereocenters. The molecule has 4 heteroatoms. The lowest BCUT2D eigenvalue weighted by Crippen LogP contribution is -2.14. The van der Waals surface area contributed by atoms with E-state index in [1.54, 1.807) is 0 Å². The van der Waals surface area contributed by atoms with E-state index in [1.807, 2.05) is 0 Å². The molecule has 0 radical (unpaired) electrons. The van der Waals surface area contributed by atoms with Crippen LogP contribution in [-0.2, 0) is 19.1 Å². The zero-order chi connectivity index (χ0) is 21.1. The Labute approximate surface area is 167 Å². The van der Waals surface area contributed by atoms with Crippen molar-refractivity contribution in [1.82, 2.24) is 0 Å². The Morgan fingerprint density at radius 1 is 0.852 bits per heavy atom. The molecule has 0 aliphatic heterocycles. The van der Waals surface area contributed by atoms with Crippen LogP contribution < -0.4 is 0 Å². The third kappa shape index (κ3) is 19.0. The smallest absolute Gasteiger partial charge is 0.330 e. The van der Waals surface area contributed by atoms with Gasteiger partial charge in [-0.25, -0.2) is 9.59 Å². The van der Waals surface area contributed by atoms with Gasteiger partial charge in [-0.1, -0.05) is 73.5 Å². The Morgan fingerprint density at radius 3 is 1.74 bits per heavy atom. The summed E-state index contributed by atoms with van der Waals surface area (Å²) in [6.07, 6.45) is 10.5. The molecule has 0 aromatic rings. The van der Waals surface area contributed by atoms with Gasteiger partial charge < -0.3 is 9.47 Å². The summed E-state index contributed by atoms with van der Waals surface area (Å²) in [5, 5.41) is 0. The van der Waals surface area contributed by atoms with Gasteiger partial charge in [-0.2, -0.15) is 0 Å². The summed E-state index contributed by atoms with van der Waals surface area (Å²) in [7, 11) is 0. The molecule has 27 heavy (non-hydrogen) atoms. The second-order valence-corrected chi connectivity index (χ2v) is 7.37. The molecule has 0 amide bonds. The van der Waals surface area contributed by atoms with Gasteiger partial charge in [0, 0.05) is 12.2 Å². The van der Waals surface area contributed by atoms with Crippen molar-refractivity contribution in [3.05, 3.63) is 25.3 Å². The van der Waals surface area contributed by atoms with Gasteiger partial charge in [-0.15, -0.1) is 0 Å². The Morgan fingerprint density at radius 2 is 1.37 bits per heavy atom. The van der Waals surface area contributed by atoms with Crippen LogP contribution in [0.2, 0.25) is 0 Å². The molecule has 4 nitrogen and oxygen atoms in total. The summed E-state index contributed by atoms with van der Waals surface area (Å²) in [6.45, 7) is 18.6. The van der Waals surface area contributed by atoms with E-state index in [2.05, 4.69) is 47.8 Å². The van der Waals surface area contributed by atoms with Crippen LogP contribution in [0, 0.1) is 17.8 Å². The molecule has 0 saturated heterocycles. The van der Waals surface area contributed by atoms with Gasteiger partial charge in [-0.05, 0) is 37.0 Å². The first-order chi connectivity index (χ1) is 12.8. The van der Waals surface area contributed by atoms with Crippen LogP contribution in [0.15, 0.2) is 25.3 Å². The maximum absolute atomic E-state index is 10.9.